The molecule has 1 N–H and O–H groups in total. The highest BCUT2D eigenvalue weighted by Gasteiger charge is 2.12. The third kappa shape index (κ3) is 3.31. The Bertz CT molecular complexity index is 391. The predicted octanol–water partition coefficient (Wildman–Crippen LogP) is 0.170. The van der Waals surface area contributed by atoms with Crippen molar-refractivity contribution in [2.24, 2.45) is 4.99 Å². The number of nitriles is 2. The van der Waals surface area contributed by atoms with Crippen LogP contribution in [0.4, 0.5) is 0 Å². The highest BCUT2D eigenvalue weighted by molar-refractivity contribution is 6.43. The predicted molar refractivity (Wildman–Crippen MR) is 46.5 cm³/mol. The van der Waals surface area contributed by atoms with E-state index in [0.717, 1.165) is 0 Å². The monoisotopic (exact) mass is 190 g/mol. The van der Waals surface area contributed by atoms with Gasteiger partial charge in [-0.2, -0.15) is 10.5 Å². The molecule has 0 aliphatic heterocycles. The lowest BCUT2D eigenvalue weighted by Gasteiger charge is -1.96. The second kappa shape index (κ2) is 6.13. The van der Waals surface area contributed by atoms with Crippen LogP contribution in [0.1, 0.15) is 6.92 Å². The maximum absolute atomic E-state index is 11.0. The van der Waals surface area contributed by atoms with Gasteiger partial charge in [0.15, 0.2) is 0 Å². The van der Waals surface area contributed by atoms with Gasteiger partial charge in [-0.05, 0) is 6.92 Å². The Balaban J connectivity index is 4.94. The molecule has 0 saturated carbocycles. The number of carbonyl (C=O) groups is 1. The molecule has 0 unspecified atom stereocenters. The summed E-state index contributed by atoms with van der Waals surface area (Å²) in [5.41, 5.74) is -1.02. The number of nitrogens with one attached hydrogen (secondary N) is 1. The van der Waals surface area contributed by atoms with E-state index < -0.39 is 17.4 Å². The van der Waals surface area contributed by atoms with Gasteiger partial charge < -0.3 is 4.74 Å². The van der Waals surface area contributed by atoms with Crippen LogP contribution in [0.2, 0.25) is 0 Å². The zero-order valence-corrected chi connectivity index (χ0v) is 7.37. The smallest absolute Gasteiger partial charge is 0.368 e. The first kappa shape index (κ1) is 11.6. The number of nitrogens with zero attached hydrogens (tertiary/aromatic N) is 3. The number of esters is 1. The van der Waals surface area contributed by atoms with Crippen LogP contribution in [-0.4, -0.2) is 24.2 Å². The van der Waals surface area contributed by atoms with Crippen LogP contribution in [0.25, 0.3) is 0 Å². The zero-order valence-electron chi connectivity index (χ0n) is 7.37. The number of rotatable bonds is 3. The second-order valence-corrected chi connectivity index (χ2v) is 1.88. The van der Waals surface area contributed by atoms with Crippen LogP contribution in [0.3, 0.4) is 0 Å². The fourth-order valence-corrected chi connectivity index (χ4v) is 0.508. The Morgan fingerprint density at radius 1 is 1.50 bits per heavy atom. The molecule has 0 radical (unpaired) electrons. The number of hydrogen-bond acceptors (Lipinski definition) is 6. The molecule has 0 heterocycles. The zero-order chi connectivity index (χ0) is 11.0. The summed E-state index contributed by atoms with van der Waals surface area (Å²) in [7, 11) is 0. The van der Waals surface area contributed by atoms with Crippen molar-refractivity contribution in [2.45, 2.75) is 6.92 Å². The van der Waals surface area contributed by atoms with Gasteiger partial charge in [-0.3, -0.25) is 5.41 Å². The molecule has 14 heavy (non-hydrogen) atoms. The Kier molecular flexibility index (Phi) is 5.06. The average Bonchev–Trinajstić information content (AvgIpc) is 2.20. The molecule has 0 saturated heterocycles. The Labute approximate surface area is 80.2 Å². The molecule has 0 amide bonds. The van der Waals surface area contributed by atoms with Crippen LogP contribution in [0, 0.1) is 28.1 Å². The van der Waals surface area contributed by atoms with Gasteiger partial charge in [0.2, 0.25) is 11.4 Å². The van der Waals surface area contributed by atoms with E-state index >= 15 is 0 Å². The molecule has 0 spiro atoms. The van der Waals surface area contributed by atoms with Crippen LogP contribution >= 0.6 is 0 Å². The Morgan fingerprint density at radius 2 is 2.14 bits per heavy atom. The summed E-state index contributed by atoms with van der Waals surface area (Å²) in [6.45, 7) is 1.68. The summed E-state index contributed by atoms with van der Waals surface area (Å²) < 4.78 is 4.48. The van der Waals surface area contributed by atoms with Crippen molar-refractivity contribution in [3.05, 3.63) is 5.70 Å². The van der Waals surface area contributed by atoms with Crippen molar-refractivity contribution >= 4 is 17.6 Å². The van der Waals surface area contributed by atoms with Gasteiger partial charge in [0, 0.05) is 5.87 Å². The largest absolute Gasteiger partial charge is 0.461 e. The summed E-state index contributed by atoms with van der Waals surface area (Å²) >= 11 is 0. The minimum Gasteiger partial charge on any atom is -0.461 e. The van der Waals surface area contributed by atoms with Gasteiger partial charge in [0.25, 0.3) is 0 Å². The molecule has 0 aromatic rings. The van der Waals surface area contributed by atoms with Crippen molar-refractivity contribution in [1.82, 2.24) is 0 Å². The molecular formula is C8H6N4O2. The normalized spacial score (nSPS) is 9.21. The second-order valence-electron chi connectivity index (χ2n) is 1.88. The van der Waals surface area contributed by atoms with E-state index in [1.165, 1.54) is 12.1 Å². The molecule has 0 rings (SSSR count). The van der Waals surface area contributed by atoms with E-state index in [1.54, 1.807) is 12.8 Å². The fraction of sp³-hybridized carbons (Fsp3) is 0.250. The third-order valence-electron chi connectivity index (χ3n) is 1.02. The van der Waals surface area contributed by atoms with Crippen molar-refractivity contribution in [1.29, 1.82) is 15.9 Å². The van der Waals surface area contributed by atoms with E-state index in [-0.39, 0.29) is 6.61 Å². The van der Waals surface area contributed by atoms with Crippen molar-refractivity contribution < 1.29 is 9.53 Å². The lowest BCUT2D eigenvalue weighted by atomic mass is 10.4. The number of aliphatic imine (C=N–C) groups is 1. The molecule has 6 heteroatoms. The van der Waals surface area contributed by atoms with Gasteiger partial charge in [0.1, 0.15) is 12.1 Å². The first-order valence-corrected chi connectivity index (χ1v) is 3.55. The van der Waals surface area contributed by atoms with Gasteiger partial charge in [-0.1, -0.05) is 0 Å². The van der Waals surface area contributed by atoms with Crippen LogP contribution < -0.4 is 0 Å². The molecule has 0 atom stereocenters. The third-order valence-corrected chi connectivity index (χ3v) is 1.02. The van der Waals surface area contributed by atoms with E-state index in [2.05, 4.69) is 9.73 Å². The molecule has 0 aromatic heterocycles. The van der Waals surface area contributed by atoms with E-state index in [9.17, 15) is 4.79 Å². The van der Waals surface area contributed by atoms with E-state index in [0.29, 0.717) is 0 Å². The molecule has 0 aliphatic carbocycles. The maximum atomic E-state index is 11.0. The Morgan fingerprint density at radius 3 is 2.50 bits per heavy atom. The first-order chi connectivity index (χ1) is 6.69. The first-order valence-electron chi connectivity index (χ1n) is 3.55. The molecule has 0 fully saturated rings. The van der Waals surface area contributed by atoms with Crippen LogP contribution in [0.15, 0.2) is 10.7 Å². The van der Waals surface area contributed by atoms with Crippen molar-refractivity contribution in [3.8, 4) is 12.1 Å². The molecule has 6 nitrogen and oxygen atoms in total. The summed E-state index contributed by atoms with van der Waals surface area (Å²) in [4.78, 5) is 14.2. The quantitative estimate of drug-likeness (QED) is 0.388. The molecule has 70 valence electrons. The van der Waals surface area contributed by atoms with Gasteiger partial charge in [-0.15, -0.1) is 0 Å². The number of allylic oxidation sites excluding steroid dienone is 1. The molecule has 0 aliphatic rings. The summed E-state index contributed by atoms with van der Waals surface area (Å²) in [5, 5.41) is 23.4. The van der Waals surface area contributed by atoms with Gasteiger partial charge in [0.05, 0.1) is 6.61 Å². The van der Waals surface area contributed by atoms with Gasteiger partial charge >= 0.3 is 5.97 Å². The summed E-state index contributed by atoms with van der Waals surface area (Å²) in [5.74, 6) is 0.754. The molecule has 0 aromatic carbocycles. The van der Waals surface area contributed by atoms with Gasteiger partial charge in [-0.25, -0.2) is 9.79 Å². The van der Waals surface area contributed by atoms with Crippen LogP contribution in [-0.2, 0) is 9.53 Å². The van der Waals surface area contributed by atoms with Crippen LogP contribution in [0.5, 0.6) is 0 Å². The number of hydrogen-bond donors (Lipinski definition) is 1. The lowest BCUT2D eigenvalue weighted by Crippen LogP contribution is -2.15. The minimum absolute atomic E-state index is 0.107. The molecular weight excluding hydrogens is 184 g/mol. The number of carbonyl (C=O) groups excluding carboxylic acids is 1. The highest BCUT2D eigenvalue weighted by Crippen LogP contribution is 1.92. The van der Waals surface area contributed by atoms with E-state index in [4.69, 9.17) is 15.9 Å². The highest BCUT2D eigenvalue weighted by atomic mass is 16.5. The topological polar surface area (TPSA) is 110 Å². The standard InChI is InChI=1S/C8H6N4O2/c1-2-14-8(13)7(5-11)12-6(3-9)4-10/h9H,2H2,1H3. The summed E-state index contributed by atoms with van der Waals surface area (Å²) in [6, 6.07) is 2.95. The minimum atomic E-state index is -0.919. The Hall–Kier alpha value is -2.43. The fourth-order valence-electron chi connectivity index (χ4n) is 0.508. The lowest BCUT2D eigenvalue weighted by molar-refractivity contribution is -0.134. The van der Waals surface area contributed by atoms with E-state index in [1.807, 2.05) is 0 Å². The maximum Gasteiger partial charge on any atom is 0.368 e. The SMILES string of the molecule is CCOC(=O)C(C#N)=NC(=C=N)C#N. The summed E-state index contributed by atoms with van der Waals surface area (Å²) in [6.07, 6.45) is 0. The molecule has 0 bridgehead atoms. The number of ether oxygens (including phenoxy) is 1. The average molecular weight is 190 g/mol. The van der Waals surface area contributed by atoms with Crippen molar-refractivity contribution in [2.75, 3.05) is 6.61 Å². The van der Waals surface area contributed by atoms with Crippen molar-refractivity contribution in [3.63, 3.8) is 0 Å².